The molecule has 3 aromatic carbocycles. The highest BCUT2D eigenvalue weighted by atomic mass is 32.2. The number of nitrogens with one attached hydrogen (secondary N) is 2. The number of methoxy groups -OCH3 is 1. The van der Waals surface area contributed by atoms with Gasteiger partial charge in [-0.05, 0) is 70.9 Å². The molecular weight excluding hydrogens is 540 g/mol. The Kier molecular flexibility index (Phi) is 7.68. The van der Waals surface area contributed by atoms with Gasteiger partial charge in [0.15, 0.2) is 5.17 Å². The molecule has 2 saturated heterocycles. The van der Waals surface area contributed by atoms with Crippen LogP contribution in [0, 0.1) is 0 Å². The molecule has 2 fully saturated rings. The molecule has 0 atom stereocenters. The lowest BCUT2D eigenvalue weighted by Crippen LogP contribution is -2.29. The van der Waals surface area contributed by atoms with Crippen molar-refractivity contribution in [2.75, 3.05) is 13.7 Å². The van der Waals surface area contributed by atoms with E-state index in [0.717, 1.165) is 21.2 Å². The Balaban J connectivity index is 1.18. The van der Waals surface area contributed by atoms with Crippen molar-refractivity contribution in [1.29, 1.82) is 0 Å². The number of hydrogen-bond donors (Lipinski definition) is 2. The molecule has 0 spiro atoms. The van der Waals surface area contributed by atoms with Gasteiger partial charge in [-0.1, -0.05) is 36.4 Å². The van der Waals surface area contributed by atoms with Crippen molar-refractivity contribution in [2.24, 2.45) is 4.99 Å². The van der Waals surface area contributed by atoms with Gasteiger partial charge in [-0.3, -0.25) is 9.59 Å². The largest absolute Gasteiger partial charge is 0.497 e. The van der Waals surface area contributed by atoms with Crippen LogP contribution in [-0.4, -0.2) is 43.4 Å². The maximum Gasteiger partial charge on any atom is 0.304 e. The number of benzene rings is 3. The molecule has 5 rings (SSSR count). The molecule has 2 aliphatic rings. The molecule has 39 heavy (non-hydrogen) atoms. The third-order valence-electron chi connectivity index (χ3n) is 5.82. The monoisotopic (exact) mass is 564 g/mol. The maximum atomic E-state index is 12.5. The lowest BCUT2D eigenvalue weighted by Gasteiger charge is -2.12. The van der Waals surface area contributed by atoms with Crippen molar-refractivity contribution in [3.63, 3.8) is 0 Å². The molecule has 200 valence electrons. The van der Waals surface area contributed by atoms with Gasteiger partial charge in [0, 0.05) is 6.54 Å². The summed E-state index contributed by atoms with van der Waals surface area (Å²) in [5.41, 5.74) is 3.18. The fourth-order valence-corrected chi connectivity index (χ4v) is 5.73. The van der Waals surface area contributed by atoms with Crippen molar-refractivity contribution >= 4 is 50.7 Å². The standard InChI is InChI=1S/C27H24N4O6S2/c1-36-22-10-6-20(7-11-22)17-37-23-12-4-18(5-13-23)14-24-26(33)29-27(38-24)28-21-8-2-19(3-9-21)15-31-16-25(32)30-39(31,34)35/h2-14H,15-17H2,1H3,(H,30,32)(H,28,29,33)/b24-14+. The number of aliphatic imine (C=N–C) groups is 1. The van der Waals surface area contributed by atoms with Crippen LogP contribution in [0.2, 0.25) is 0 Å². The van der Waals surface area contributed by atoms with Gasteiger partial charge >= 0.3 is 10.2 Å². The summed E-state index contributed by atoms with van der Waals surface area (Å²) in [5.74, 6) is 0.713. The zero-order valence-electron chi connectivity index (χ0n) is 20.8. The van der Waals surface area contributed by atoms with E-state index < -0.39 is 16.1 Å². The number of amidine groups is 1. The average molecular weight is 565 g/mol. The lowest BCUT2D eigenvalue weighted by molar-refractivity contribution is -0.118. The van der Waals surface area contributed by atoms with Gasteiger partial charge in [-0.15, -0.1) is 0 Å². The van der Waals surface area contributed by atoms with Crippen LogP contribution in [0.25, 0.3) is 6.08 Å². The van der Waals surface area contributed by atoms with Crippen LogP contribution in [0.1, 0.15) is 16.7 Å². The first kappa shape index (κ1) is 26.5. The van der Waals surface area contributed by atoms with Gasteiger partial charge in [-0.2, -0.15) is 12.7 Å². The number of hydrogen-bond acceptors (Lipinski definition) is 8. The van der Waals surface area contributed by atoms with Crippen LogP contribution < -0.4 is 19.5 Å². The summed E-state index contributed by atoms with van der Waals surface area (Å²) in [6, 6.07) is 22.0. The fourth-order valence-electron chi connectivity index (χ4n) is 3.80. The lowest BCUT2D eigenvalue weighted by atomic mass is 10.2. The molecule has 0 bridgehead atoms. The van der Waals surface area contributed by atoms with Gasteiger partial charge in [0.2, 0.25) is 5.91 Å². The number of carbonyl (C=O) groups excluding carboxylic acids is 2. The predicted octanol–water partition coefficient (Wildman–Crippen LogP) is 3.34. The first-order chi connectivity index (χ1) is 18.8. The summed E-state index contributed by atoms with van der Waals surface area (Å²) in [5, 5.41) is 3.20. The Morgan fingerprint density at radius 1 is 0.949 bits per heavy atom. The first-order valence-corrected chi connectivity index (χ1v) is 14.1. The van der Waals surface area contributed by atoms with E-state index in [9.17, 15) is 18.0 Å². The molecule has 0 radical (unpaired) electrons. The van der Waals surface area contributed by atoms with Crippen LogP contribution in [0.4, 0.5) is 5.69 Å². The molecule has 0 aromatic heterocycles. The first-order valence-electron chi connectivity index (χ1n) is 11.8. The second kappa shape index (κ2) is 11.3. The zero-order valence-corrected chi connectivity index (χ0v) is 22.4. The summed E-state index contributed by atoms with van der Waals surface area (Å²) in [4.78, 5) is 28.8. The Bertz CT molecular complexity index is 1550. The van der Waals surface area contributed by atoms with Crippen LogP contribution in [-0.2, 0) is 33.0 Å². The molecule has 0 saturated carbocycles. The highest BCUT2D eigenvalue weighted by molar-refractivity contribution is 8.18. The summed E-state index contributed by atoms with van der Waals surface area (Å²) >= 11 is 1.23. The van der Waals surface area contributed by atoms with Crippen molar-refractivity contribution in [2.45, 2.75) is 13.2 Å². The minimum Gasteiger partial charge on any atom is -0.497 e. The Hall–Kier alpha value is -4.13. The third-order valence-corrected chi connectivity index (χ3v) is 8.16. The molecule has 0 unspecified atom stereocenters. The smallest absolute Gasteiger partial charge is 0.304 e. The molecule has 0 aliphatic carbocycles. The van der Waals surface area contributed by atoms with Crippen LogP contribution >= 0.6 is 11.8 Å². The van der Waals surface area contributed by atoms with Crippen LogP contribution in [0.15, 0.2) is 82.7 Å². The highest BCUT2D eigenvalue weighted by Gasteiger charge is 2.33. The van der Waals surface area contributed by atoms with Gasteiger partial charge < -0.3 is 14.8 Å². The quantitative estimate of drug-likeness (QED) is 0.402. The zero-order chi connectivity index (χ0) is 27.4. The van der Waals surface area contributed by atoms with Crippen molar-refractivity contribution < 1.29 is 27.5 Å². The van der Waals surface area contributed by atoms with Crippen molar-refractivity contribution in [1.82, 2.24) is 14.3 Å². The van der Waals surface area contributed by atoms with Gasteiger partial charge in [0.05, 0.1) is 24.2 Å². The molecule has 2 N–H and O–H groups in total. The maximum absolute atomic E-state index is 12.5. The number of nitrogens with zero attached hydrogens (tertiary/aromatic N) is 2. The van der Waals surface area contributed by atoms with Gasteiger partial charge in [0.25, 0.3) is 5.91 Å². The van der Waals surface area contributed by atoms with E-state index >= 15 is 0 Å². The molecule has 2 heterocycles. The highest BCUT2D eigenvalue weighted by Crippen LogP contribution is 2.29. The van der Waals surface area contributed by atoms with E-state index in [1.165, 1.54) is 11.8 Å². The SMILES string of the molecule is COc1ccc(COc2ccc(/C=C3/SC(=Nc4ccc(CN5CC(=O)NS5(=O)=O)cc4)NC3=O)cc2)cc1. The van der Waals surface area contributed by atoms with Gasteiger partial charge in [-0.25, -0.2) is 9.71 Å². The molecular formula is C27H24N4O6S2. The van der Waals surface area contributed by atoms with Crippen LogP contribution in [0.5, 0.6) is 11.5 Å². The third kappa shape index (κ3) is 6.66. The van der Waals surface area contributed by atoms with Gasteiger partial charge in [0.1, 0.15) is 18.1 Å². The van der Waals surface area contributed by atoms with E-state index in [1.54, 1.807) is 37.5 Å². The van der Waals surface area contributed by atoms with E-state index in [-0.39, 0.29) is 19.0 Å². The second-order valence-corrected chi connectivity index (χ2v) is 11.4. The summed E-state index contributed by atoms with van der Waals surface area (Å²) in [7, 11) is -2.16. The average Bonchev–Trinajstić information content (AvgIpc) is 3.40. The second-order valence-electron chi connectivity index (χ2n) is 8.65. The van der Waals surface area contributed by atoms with E-state index in [1.807, 2.05) is 53.3 Å². The minimum atomic E-state index is -3.78. The van der Waals surface area contributed by atoms with Crippen LogP contribution in [0.3, 0.4) is 0 Å². The van der Waals surface area contributed by atoms with E-state index in [2.05, 4.69) is 10.3 Å². The molecule has 3 aromatic rings. The van der Waals surface area contributed by atoms with Crippen molar-refractivity contribution in [3.8, 4) is 11.5 Å². The summed E-state index contributed by atoms with van der Waals surface area (Å²) in [6.07, 6.45) is 1.78. The minimum absolute atomic E-state index is 0.0710. The number of ether oxygens (including phenoxy) is 2. The molecule has 2 aliphatic heterocycles. The Labute approximate surface area is 229 Å². The Morgan fingerprint density at radius 3 is 2.26 bits per heavy atom. The molecule has 12 heteroatoms. The number of thioether (sulfide) groups is 1. The molecule has 2 amide bonds. The fraction of sp³-hybridized carbons (Fsp3) is 0.148. The van der Waals surface area contributed by atoms with Crippen molar-refractivity contribution in [3.05, 3.63) is 94.4 Å². The number of amides is 2. The Morgan fingerprint density at radius 2 is 1.62 bits per heavy atom. The summed E-state index contributed by atoms with van der Waals surface area (Å²) in [6.45, 7) is 0.295. The normalized spacial score (nSPS) is 18.8. The number of carbonyl (C=O) groups is 2. The molecule has 10 nitrogen and oxygen atoms in total. The summed E-state index contributed by atoms with van der Waals surface area (Å²) < 4.78 is 37.8. The van der Waals surface area contributed by atoms with E-state index in [0.29, 0.717) is 33.7 Å². The topological polar surface area (TPSA) is 126 Å². The predicted molar refractivity (Wildman–Crippen MR) is 148 cm³/mol. The van der Waals surface area contributed by atoms with E-state index in [4.69, 9.17) is 9.47 Å². The number of rotatable bonds is 8.